The normalized spacial score (nSPS) is 11.8. The Labute approximate surface area is 296 Å². The van der Waals surface area contributed by atoms with Gasteiger partial charge in [-0.05, 0) is 41.1 Å². The highest BCUT2D eigenvalue weighted by Gasteiger charge is 2.20. The number of rotatable bonds is 4. The molecule has 0 aliphatic heterocycles. The maximum Gasteiger partial charge on any atom is 0.164 e. The lowest BCUT2D eigenvalue weighted by atomic mass is 10.0. The summed E-state index contributed by atoms with van der Waals surface area (Å²) in [6, 6.07) is 53.4. The molecule has 6 nitrogen and oxygen atoms in total. The maximum atomic E-state index is 6.35. The van der Waals surface area contributed by atoms with Crippen molar-refractivity contribution < 1.29 is 8.83 Å². The second kappa shape index (κ2) is 11.2. The van der Waals surface area contributed by atoms with Crippen molar-refractivity contribution in [3.05, 3.63) is 158 Å². The molecule has 0 spiro atoms. The van der Waals surface area contributed by atoms with Gasteiger partial charge in [-0.3, -0.25) is 0 Å². The Hall–Kier alpha value is -7.18. The van der Waals surface area contributed by atoms with Gasteiger partial charge in [0.15, 0.2) is 23.1 Å². The first-order valence-corrected chi connectivity index (χ1v) is 17.2. The maximum absolute atomic E-state index is 6.35. The Morgan fingerprint density at radius 2 is 0.942 bits per heavy atom. The van der Waals surface area contributed by atoms with Crippen LogP contribution in [0.3, 0.4) is 0 Å². The molecule has 0 aliphatic rings. The van der Waals surface area contributed by atoms with E-state index in [0.29, 0.717) is 17.5 Å². The Balaban J connectivity index is 1.16. The molecule has 242 valence electrons. The van der Waals surface area contributed by atoms with Gasteiger partial charge in [0, 0.05) is 49.2 Å². The number of hydrogen-bond donors (Lipinski definition) is 0. The summed E-state index contributed by atoms with van der Waals surface area (Å²) < 4.78 is 12.6. The molecule has 11 aromatic rings. The fourth-order valence-corrected chi connectivity index (χ4v) is 7.54. The highest BCUT2D eigenvalue weighted by Crippen LogP contribution is 2.40. The fourth-order valence-electron chi connectivity index (χ4n) is 7.54. The van der Waals surface area contributed by atoms with Gasteiger partial charge < -0.3 is 8.83 Å². The van der Waals surface area contributed by atoms with Crippen molar-refractivity contribution in [2.45, 2.75) is 0 Å². The monoisotopic (exact) mass is 666 g/mol. The SMILES string of the molecule is c1cc(-c2nc(-c3cccc4ccccc34)nc(-c3cccc4oc5ccccc5c34)n2)cc(-c2nc3c4ccccc4oc3c3ccccc23)c1. The molecule has 6 heteroatoms. The first kappa shape index (κ1) is 28.6. The van der Waals surface area contributed by atoms with Crippen molar-refractivity contribution in [3.8, 4) is 45.4 Å². The van der Waals surface area contributed by atoms with Crippen molar-refractivity contribution in [2.75, 3.05) is 0 Å². The zero-order chi connectivity index (χ0) is 34.2. The molecule has 0 bridgehead atoms. The van der Waals surface area contributed by atoms with Gasteiger partial charge >= 0.3 is 0 Å². The van der Waals surface area contributed by atoms with Gasteiger partial charge in [-0.2, -0.15) is 0 Å². The molecule has 0 fully saturated rings. The number of nitrogens with zero attached hydrogens (tertiary/aromatic N) is 4. The van der Waals surface area contributed by atoms with Crippen LogP contribution >= 0.6 is 0 Å². The first-order chi connectivity index (χ1) is 25.8. The van der Waals surface area contributed by atoms with Gasteiger partial charge in [0.1, 0.15) is 22.3 Å². The van der Waals surface area contributed by atoms with E-state index >= 15 is 0 Å². The van der Waals surface area contributed by atoms with E-state index in [2.05, 4.69) is 78.9 Å². The second-order valence-corrected chi connectivity index (χ2v) is 13.0. The zero-order valence-corrected chi connectivity index (χ0v) is 27.6. The number of aromatic nitrogens is 4. The molecule has 0 unspecified atom stereocenters. The molecule has 52 heavy (non-hydrogen) atoms. The topological polar surface area (TPSA) is 77.8 Å². The fraction of sp³-hybridized carbons (Fsp3) is 0. The van der Waals surface area contributed by atoms with Crippen LogP contribution in [0.2, 0.25) is 0 Å². The van der Waals surface area contributed by atoms with Crippen LogP contribution in [0.15, 0.2) is 167 Å². The average molecular weight is 667 g/mol. The Morgan fingerprint density at radius 1 is 0.365 bits per heavy atom. The number of fused-ring (bicyclic) bond motifs is 9. The minimum Gasteiger partial charge on any atom is -0.456 e. The largest absolute Gasteiger partial charge is 0.456 e. The van der Waals surface area contributed by atoms with Crippen molar-refractivity contribution in [3.63, 3.8) is 0 Å². The van der Waals surface area contributed by atoms with Crippen LogP contribution in [0.25, 0.3) is 111 Å². The van der Waals surface area contributed by atoms with E-state index in [0.717, 1.165) is 93.5 Å². The van der Waals surface area contributed by atoms with E-state index in [-0.39, 0.29) is 0 Å². The third-order valence-corrected chi connectivity index (χ3v) is 9.92. The van der Waals surface area contributed by atoms with E-state index in [9.17, 15) is 0 Å². The van der Waals surface area contributed by atoms with Crippen LogP contribution in [0.5, 0.6) is 0 Å². The van der Waals surface area contributed by atoms with Gasteiger partial charge in [-0.25, -0.2) is 19.9 Å². The van der Waals surface area contributed by atoms with Crippen LogP contribution < -0.4 is 0 Å². The van der Waals surface area contributed by atoms with Crippen molar-refractivity contribution in [1.82, 2.24) is 19.9 Å². The summed E-state index contributed by atoms with van der Waals surface area (Å²) in [6.07, 6.45) is 0. The molecule has 0 saturated carbocycles. The quantitative estimate of drug-likeness (QED) is 0.186. The summed E-state index contributed by atoms with van der Waals surface area (Å²) in [5, 5.41) is 7.21. The van der Waals surface area contributed by atoms with Crippen molar-refractivity contribution >= 4 is 65.6 Å². The van der Waals surface area contributed by atoms with Gasteiger partial charge in [-0.1, -0.05) is 127 Å². The molecule has 7 aromatic carbocycles. The highest BCUT2D eigenvalue weighted by atomic mass is 16.3. The molecule has 0 atom stereocenters. The molecule has 0 N–H and O–H groups in total. The summed E-state index contributed by atoms with van der Waals surface area (Å²) in [6.45, 7) is 0. The lowest BCUT2D eigenvalue weighted by molar-refractivity contribution is 0.669. The standard InChI is InChI=1S/C46H26N4O2/c1-2-16-30-27(12-1)13-10-21-33(30)45-48-44(49-46(50-45)36-22-11-25-39-40(36)34-19-5-7-23-37(34)51-39)29-15-9-14-28(26-29)41-31-17-3-4-18-32(31)43-42(47-41)35-20-6-8-24-38(35)52-43/h1-26H. The van der Waals surface area contributed by atoms with Crippen molar-refractivity contribution in [1.29, 1.82) is 0 Å². The summed E-state index contributed by atoms with van der Waals surface area (Å²) in [7, 11) is 0. The number of hydrogen-bond acceptors (Lipinski definition) is 6. The lowest BCUT2D eigenvalue weighted by Gasteiger charge is -2.12. The molecule has 4 heterocycles. The predicted octanol–water partition coefficient (Wildman–Crippen LogP) is 12.0. The van der Waals surface area contributed by atoms with E-state index in [1.807, 2.05) is 78.9 Å². The van der Waals surface area contributed by atoms with E-state index in [1.54, 1.807) is 0 Å². The molecule has 0 radical (unpaired) electrons. The third kappa shape index (κ3) is 4.38. The van der Waals surface area contributed by atoms with Gasteiger partial charge in [0.25, 0.3) is 0 Å². The minimum absolute atomic E-state index is 0.568. The van der Waals surface area contributed by atoms with Crippen molar-refractivity contribution in [2.24, 2.45) is 0 Å². The van der Waals surface area contributed by atoms with Crippen LogP contribution in [-0.4, -0.2) is 19.9 Å². The van der Waals surface area contributed by atoms with Gasteiger partial charge in [0.2, 0.25) is 0 Å². The van der Waals surface area contributed by atoms with Gasteiger partial charge in [0.05, 0.1) is 5.69 Å². The number of para-hydroxylation sites is 2. The summed E-state index contributed by atoms with van der Waals surface area (Å²) >= 11 is 0. The van der Waals surface area contributed by atoms with Crippen LogP contribution in [0, 0.1) is 0 Å². The third-order valence-electron chi connectivity index (χ3n) is 9.92. The molecular formula is C46H26N4O2. The Bertz CT molecular complexity index is 3210. The summed E-state index contributed by atoms with van der Waals surface area (Å²) in [5.41, 5.74) is 8.57. The van der Waals surface area contributed by atoms with Gasteiger partial charge in [-0.15, -0.1) is 0 Å². The molecule has 4 aromatic heterocycles. The smallest absolute Gasteiger partial charge is 0.164 e. The minimum atomic E-state index is 0.568. The second-order valence-electron chi connectivity index (χ2n) is 13.0. The van der Waals surface area contributed by atoms with E-state index in [1.165, 1.54) is 0 Å². The number of furan rings is 2. The van der Waals surface area contributed by atoms with Crippen LogP contribution in [-0.2, 0) is 0 Å². The highest BCUT2D eigenvalue weighted by molar-refractivity contribution is 6.16. The number of benzene rings is 7. The summed E-state index contributed by atoms with van der Waals surface area (Å²) in [4.78, 5) is 20.8. The summed E-state index contributed by atoms with van der Waals surface area (Å²) in [5.74, 6) is 1.74. The zero-order valence-electron chi connectivity index (χ0n) is 27.6. The lowest BCUT2D eigenvalue weighted by Crippen LogP contribution is -2.01. The Kier molecular flexibility index (Phi) is 6.15. The van der Waals surface area contributed by atoms with Crippen LogP contribution in [0.4, 0.5) is 0 Å². The van der Waals surface area contributed by atoms with E-state index < -0.39 is 0 Å². The molecule has 0 amide bonds. The molecule has 11 rings (SSSR count). The predicted molar refractivity (Wildman–Crippen MR) is 209 cm³/mol. The molecule has 0 aliphatic carbocycles. The molecule has 0 saturated heterocycles. The van der Waals surface area contributed by atoms with Crippen LogP contribution in [0.1, 0.15) is 0 Å². The van der Waals surface area contributed by atoms with E-state index in [4.69, 9.17) is 28.8 Å². The average Bonchev–Trinajstić information content (AvgIpc) is 3.79. The molecular weight excluding hydrogens is 641 g/mol. The number of pyridine rings is 1. The Morgan fingerprint density at radius 3 is 1.81 bits per heavy atom. The first-order valence-electron chi connectivity index (χ1n) is 17.2.